The summed E-state index contributed by atoms with van der Waals surface area (Å²) in [6, 6.07) is 8.90. The number of carbonyl (C=O) groups excluding carboxylic acids is 1. The number of halogens is 3. The van der Waals surface area contributed by atoms with Crippen molar-refractivity contribution >= 4 is 28.4 Å². The molecule has 1 unspecified atom stereocenters. The quantitative estimate of drug-likeness (QED) is 0.385. The Bertz CT molecular complexity index is 1190. The number of fused-ring (bicyclic) bond motifs is 1. The maximum Gasteiger partial charge on any atom is 0.256 e. The third-order valence-corrected chi connectivity index (χ3v) is 7.31. The Labute approximate surface area is 197 Å². The molecule has 1 aliphatic heterocycles. The molecule has 0 radical (unpaired) electrons. The van der Waals surface area contributed by atoms with Crippen LogP contribution in [0.1, 0.15) is 48.0 Å². The smallest absolute Gasteiger partial charge is 0.256 e. The zero-order valence-corrected chi connectivity index (χ0v) is 19.2. The molecule has 0 saturated carbocycles. The van der Waals surface area contributed by atoms with E-state index >= 15 is 0 Å². The lowest BCUT2D eigenvalue weighted by Crippen LogP contribution is -2.40. The van der Waals surface area contributed by atoms with Gasteiger partial charge in [0.05, 0.1) is 11.1 Å². The van der Waals surface area contributed by atoms with Crippen LogP contribution in [0.4, 0.5) is 8.78 Å². The molecule has 5 rings (SSSR count). The van der Waals surface area contributed by atoms with Crippen LogP contribution >= 0.6 is 11.6 Å². The largest absolute Gasteiger partial charge is 0.342 e. The van der Waals surface area contributed by atoms with Crippen LogP contribution in [0.5, 0.6) is 0 Å². The Balaban J connectivity index is 1.39. The number of aromatic nitrogens is 1. The number of allylic oxidation sites excluding steroid dienone is 2. The maximum absolute atomic E-state index is 13.7. The fourth-order valence-electron chi connectivity index (χ4n) is 5.40. The second kappa shape index (κ2) is 9.30. The van der Waals surface area contributed by atoms with Crippen LogP contribution in [0.15, 0.2) is 54.7 Å². The Kier molecular flexibility index (Phi) is 6.24. The van der Waals surface area contributed by atoms with E-state index in [4.69, 9.17) is 11.6 Å². The van der Waals surface area contributed by atoms with E-state index in [-0.39, 0.29) is 12.5 Å². The number of carbonyl (C=O) groups is 1. The topological polar surface area (TPSA) is 25.2 Å². The van der Waals surface area contributed by atoms with Crippen LogP contribution in [0.25, 0.3) is 10.9 Å². The van der Waals surface area contributed by atoms with E-state index in [1.165, 1.54) is 31.4 Å². The first kappa shape index (κ1) is 22.1. The van der Waals surface area contributed by atoms with Gasteiger partial charge in [-0.1, -0.05) is 29.8 Å². The van der Waals surface area contributed by atoms with Gasteiger partial charge in [-0.15, -0.1) is 0 Å². The van der Waals surface area contributed by atoms with Gasteiger partial charge in [0, 0.05) is 42.3 Å². The normalized spacial score (nSPS) is 19.4. The second-order valence-electron chi connectivity index (χ2n) is 9.26. The number of nitrogens with zero attached hydrogens (tertiary/aromatic N) is 2. The number of amides is 1. The number of likely N-dealkylation sites (tertiary alicyclic amines) is 1. The first-order valence-electron chi connectivity index (χ1n) is 11.7. The molecule has 0 N–H and O–H groups in total. The summed E-state index contributed by atoms with van der Waals surface area (Å²) >= 11 is 6.24. The van der Waals surface area contributed by atoms with Gasteiger partial charge in [-0.3, -0.25) is 4.79 Å². The minimum Gasteiger partial charge on any atom is -0.342 e. The summed E-state index contributed by atoms with van der Waals surface area (Å²) < 4.78 is 29.3. The summed E-state index contributed by atoms with van der Waals surface area (Å²) in [5.41, 5.74) is 1.87. The van der Waals surface area contributed by atoms with Crippen LogP contribution in [0, 0.1) is 23.5 Å². The van der Waals surface area contributed by atoms with E-state index in [1.807, 2.05) is 15.5 Å². The first-order valence-corrected chi connectivity index (χ1v) is 12.0. The Morgan fingerprint density at radius 1 is 1.03 bits per heavy atom. The zero-order chi connectivity index (χ0) is 22.9. The van der Waals surface area contributed by atoms with Crippen molar-refractivity contribution in [3.8, 4) is 0 Å². The number of piperidine rings is 1. The molecule has 0 spiro atoms. The second-order valence-corrected chi connectivity index (χ2v) is 9.70. The standard InChI is InChI=1S/C27H27ClF2N2O/c28-21-6-7-24-25(17-32(26(24)14-21)16-18-12-22(29)15-23(30)13-18)27(33)31-10-8-20(9-11-31)19-4-2-1-3-5-19/h2,4,6-7,12-15,17,19-20H,1,3,5,8-11,16H2. The van der Waals surface area contributed by atoms with Crippen molar-refractivity contribution in [1.29, 1.82) is 0 Å². The molecule has 3 nitrogen and oxygen atoms in total. The van der Waals surface area contributed by atoms with E-state index in [9.17, 15) is 13.6 Å². The molecule has 6 heteroatoms. The molecule has 1 atom stereocenters. The van der Waals surface area contributed by atoms with Crippen LogP contribution < -0.4 is 0 Å². The monoisotopic (exact) mass is 468 g/mol. The van der Waals surface area contributed by atoms with Gasteiger partial charge < -0.3 is 9.47 Å². The van der Waals surface area contributed by atoms with Gasteiger partial charge in [0.15, 0.2) is 0 Å². The summed E-state index contributed by atoms with van der Waals surface area (Å²) in [6.07, 6.45) is 12.2. The fraction of sp³-hybridized carbons (Fsp3) is 0.370. The van der Waals surface area contributed by atoms with Gasteiger partial charge in [0.25, 0.3) is 5.91 Å². The predicted molar refractivity (Wildman–Crippen MR) is 128 cm³/mol. The van der Waals surface area contributed by atoms with Crippen LogP contribution in [0.2, 0.25) is 5.02 Å². The molecule has 3 aromatic rings. The molecule has 0 bridgehead atoms. The summed E-state index contributed by atoms with van der Waals surface area (Å²) in [7, 11) is 0. The molecular weight excluding hydrogens is 442 g/mol. The SMILES string of the molecule is O=C(c1cn(Cc2cc(F)cc(F)c2)c2cc(Cl)ccc12)N1CCC(C2C=CCCC2)CC1. The van der Waals surface area contributed by atoms with E-state index in [1.54, 1.807) is 18.3 Å². The number of hydrogen-bond donors (Lipinski definition) is 0. The summed E-state index contributed by atoms with van der Waals surface area (Å²) in [6.45, 7) is 1.75. The van der Waals surface area contributed by atoms with Gasteiger partial charge >= 0.3 is 0 Å². The van der Waals surface area contributed by atoms with E-state index < -0.39 is 11.6 Å². The van der Waals surface area contributed by atoms with Crippen molar-refractivity contribution in [3.63, 3.8) is 0 Å². The molecular formula is C27H27ClF2N2O. The average Bonchev–Trinajstić information content (AvgIpc) is 3.16. The molecule has 1 aromatic heterocycles. The van der Waals surface area contributed by atoms with Gasteiger partial charge in [0.1, 0.15) is 11.6 Å². The fourth-order valence-corrected chi connectivity index (χ4v) is 5.56. The van der Waals surface area contributed by atoms with Gasteiger partial charge in [-0.2, -0.15) is 0 Å². The highest BCUT2D eigenvalue weighted by Crippen LogP contribution is 2.33. The maximum atomic E-state index is 13.7. The van der Waals surface area contributed by atoms with E-state index in [0.29, 0.717) is 28.0 Å². The Morgan fingerprint density at radius 2 is 1.79 bits per heavy atom. The van der Waals surface area contributed by atoms with E-state index in [0.717, 1.165) is 42.9 Å². The number of benzene rings is 2. The van der Waals surface area contributed by atoms with Crippen molar-refractivity contribution in [2.24, 2.45) is 11.8 Å². The molecule has 172 valence electrons. The summed E-state index contributed by atoms with van der Waals surface area (Å²) in [5, 5.41) is 1.35. The van der Waals surface area contributed by atoms with Crippen LogP contribution in [-0.4, -0.2) is 28.5 Å². The molecule has 2 aromatic carbocycles. The minimum atomic E-state index is -0.619. The third kappa shape index (κ3) is 4.70. The average molecular weight is 469 g/mol. The van der Waals surface area contributed by atoms with Gasteiger partial charge in [0.2, 0.25) is 0 Å². The van der Waals surface area contributed by atoms with Gasteiger partial charge in [-0.05, 0) is 73.8 Å². The van der Waals surface area contributed by atoms with Crippen LogP contribution in [0.3, 0.4) is 0 Å². The lowest BCUT2D eigenvalue weighted by Gasteiger charge is -2.36. The van der Waals surface area contributed by atoms with Crippen molar-refractivity contribution in [1.82, 2.24) is 9.47 Å². The molecule has 1 aliphatic carbocycles. The molecule has 1 amide bonds. The van der Waals surface area contributed by atoms with E-state index in [2.05, 4.69) is 12.2 Å². The highest BCUT2D eigenvalue weighted by molar-refractivity contribution is 6.31. The molecule has 33 heavy (non-hydrogen) atoms. The predicted octanol–water partition coefficient (Wildman–Crippen LogP) is 6.83. The Morgan fingerprint density at radius 3 is 2.48 bits per heavy atom. The zero-order valence-electron chi connectivity index (χ0n) is 18.4. The van der Waals surface area contributed by atoms with Crippen molar-refractivity contribution in [3.05, 3.63) is 82.5 Å². The Hall–Kier alpha value is -2.66. The van der Waals surface area contributed by atoms with Gasteiger partial charge in [-0.25, -0.2) is 8.78 Å². The number of rotatable bonds is 4. The highest BCUT2D eigenvalue weighted by atomic mass is 35.5. The molecule has 2 aliphatic rings. The molecule has 1 saturated heterocycles. The highest BCUT2D eigenvalue weighted by Gasteiger charge is 2.29. The molecule has 2 heterocycles. The van der Waals surface area contributed by atoms with Crippen LogP contribution in [-0.2, 0) is 6.54 Å². The lowest BCUT2D eigenvalue weighted by atomic mass is 9.79. The third-order valence-electron chi connectivity index (χ3n) is 7.07. The number of hydrogen-bond acceptors (Lipinski definition) is 1. The van der Waals surface area contributed by atoms with Crippen molar-refractivity contribution in [2.45, 2.75) is 38.6 Å². The summed E-state index contributed by atoms with van der Waals surface area (Å²) in [5.74, 6) is 0.0578. The lowest BCUT2D eigenvalue weighted by molar-refractivity contribution is 0.0668. The summed E-state index contributed by atoms with van der Waals surface area (Å²) in [4.78, 5) is 15.4. The molecule has 1 fully saturated rings. The minimum absolute atomic E-state index is 0.00383. The first-order chi connectivity index (χ1) is 16.0. The van der Waals surface area contributed by atoms with Crippen molar-refractivity contribution in [2.75, 3.05) is 13.1 Å². The van der Waals surface area contributed by atoms with Crippen molar-refractivity contribution < 1.29 is 13.6 Å².